The van der Waals surface area contributed by atoms with Crippen molar-refractivity contribution in [3.05, 3.63) is 156 Å². The molecule has 0 radical (unpaired) electrons. The van der Waals surface area contributed by atoms with Gasteiger partial charge in [-0.05, 0) is 115 Å². The fourth-order valence-electron chi connectivity index (χ4n) is 8.08. The maximum Gasteiger partial charge on any atom is 0.0991 e. The second-order valence-corrected chi connectivity index (χ2v) is 15.3. The lowest BCUT2D eigenvalue weighted by Gasteiger charge is -2.24. The molecule has 0 atom stereocenters. The van der Waals surface area contributed by atoms with Gasteiger partial charge in [0.2, 0.25) is 0 Å². The van der Waals surface area contributed by atoms with Crippen molar-refractivity contribution >= 4 is 54.3 Å². The Morgan fingerprint density at radius 2 is 1.33 bits per heavy atom. The van der Waals surface area contributed by atoms with Crippen LogP contribution in [0.5, 0.6) is 0 Å². The number of aromatic nitrogens is 2. The topological polar surface area (TPSA) is 41.6 Å². The molecule has 3 heteroatoms. The third-order valence-corrected chi connectivity index (χ3v) is 10.8. The van der Waals surface area contributed by atoms with Crippen LogP contribution in [0.15, 0.2) is 140 Å². The van der Waals surface area contributed by atoms with Gasteiger partial charge in [-0.15, -0.1) is 0 Å². The van der Waals surface area contributed by atoms with Crippen LogP contribution >= 0.6 is 0 Å². The van der Waals surface area contributed by atoms with E-state index in [-0.39, 0.29) is 5.41 Å². The second-order valence-electron chi connectivity index (χ2n) is 15.3. The van der Waals surface area contributed by atoms with Gasteiger partial charge in [0.1, 0.15) is 0 Å². The van der Waals surface area contributed by atoms with Crippen molar-refractivity contribution in [2.24, 2.45) is 0 Å². The maximum atomic E-state index is 9.94. The smallest absolute Gasteiger partial charge is 0.0991 e. The monoisotopic (exact) mass is 669 g/mol. The van der Waals surface area contributed by atoms with Crippen LogP contribution in [0.1, 0.15) is 57.2 Å². The van der Waals surface area contributed by atoms with Gasteiger partial charge in [0.15, 0.2) is 0 Å². The minimum absolute atomic E-state index is 0.0379. The minimum atomic E-state index is -0.0379. The van der Waals surface area contributed by atoms with E-state index < -0.39 is 0 Å². The van der Waals surface area contributed by atoms with Crippen LogP contribution in [0.25, 0.3) is 82.2 Å². The summed E-state index contributed by atoms with van der Waals surface area (Å²) in [6.07, 6.45) is 1.90. The first kappa shape index (κ1) is 31.7. The van der Waals surface area contributed by atoms with E-state index in [9.17, 15) is 5.26 Å². The summed E-state index contributed by atoms with van der Waals surface area (Å²) in [6.45, 7) is 11.4. The minimum Gasteiger partial charge on any atom is -0.309 e. The van der Waals surface area contributed by atoms with Crippen LogP contribution < -0.4 is 0 Å². The van der Waals surface area contributed by atoms with Crippen molar-refractivity contribution in [1.82, 2.24) is 9.55 Å². The van der Waals surface area contributed by atoms with Crippen LogP contribution in [0.3, 0.4) is 0 Å². The van der Waals surface area contributed by atoms with Crippen molar-refractivity contribution in [1.29, 1.82) is 5.26 Å². The molecule has 2 heterocycles. The van der Waals surface area contributed by atoms with E-state index in [0.717, 1.165) is 49.5 Å². The van der Waals surface area contributed by atoms with E-state index in [1.54, 1.807) is 0 Å². The average molecular weight is 670 g/mol. The zero-order valence-corrected chi connectivity index (χ0v) is 30.2. The van der Waals surface area contributed by atoms with E-state index in [1.807, 2.05) is 30.5 Å². The first-order valence-corrected chi connectivity index (χ1v) is 18.1. The molecule has 52 heavy (non-hydrogen) atoms. The predicted octanol–water partition coefficient (Wildman–Crippen LogP) is 13.3. The predicted molar refractivity (Wildman–Crippen MR) is 219 cm³/mol. The Kier molecular flexibility index (Phi) is 7.28. The molecule has 0 bridgehead atoms. The number of hydrogen-bond acceptors (Lipinski definition) is 2. The zero-order valence-electron chi connectivity index (χ0n) is 30.2. The highest BCUT2D eigenvalue weighted by molar-refractivity contribution is 6.24. The molecule has 0 spiro atoms. The summed E-state index contributed by atoms with van der Waals surface area (Å²) in [7, 11) is 0. The van der Waals surface area contributed by atoms with E-state index in [0.29, 0.717) is 11.5 Å². The van der Waals surface area contributed by atoms with Gasteiger partial charge in [-0.3, -0.25) is 4.98 Å². The third kappa shape index (κ3) is 4.98. The highest BCUT2D eigenvalue weighted by Crippen LogP contribution is 2.47. The Bertz CT molecular complexity index is 2910. The molecule has 0 saturated heterocycles. The van der Waals surface area contributed by atoms with Crippen LogP contribution in [0, 0.1) is 11.3 Å². The number of benzene rings is 7. The SMILES string of the molecule is CC(C)c1ccc2c(-c3ccc4c(c3)c3cc(C#N)ccc3n4-c3ccccc3)c3cc(C(C)(C)C)ccc3c(-c3cccc4cccnc34)c2c1. The van der Waals surface area contributed by atoms with Gasteiger partial charge in [-0.2, -0.15) is 5.26 Å². The van der Waals surface area contributed by atoms with Crippen molar-refractivity contribution in [3.8, 4) is 34.0 Å². The number of rotatable bonds is 4. The summed E-state index contributed by atoms with van der Waals surface area (Å²) in [5.74, 6) is 0.375. The van der Waals surface area contributed by atoms with Gasteiger partial charge in [0.05, 0.1) is 28.2 Å². The molecule has 9 rings (SSSR count). The number of nitrogens with zero attached hydrogens (tertiary/aromatic N) is 3. The Balaban J connectivity index is 1.45. The van der Waals surface area contributed by atoms with E-state index in [1.165, 1.54) is 43.8 Å². The number of fused-ring (bicyclic) bond motifs is 6. The van der Waals surface area contributed by atoms with E-state index in [4.69, 9.17) is 4.98 Å². The molecule has 0 unspecified atom stereocenters. The molecular weight excluding hydrogens is 631 g/mol. The van der Waals surface area contributed by atoms with Gasteiger partial charge in [0, 0.05) is 33.6 Å². The lowest BCUT2D eigenvalue weighted by molar-refractivity contribution is 0.591. The summed E-state index contributed by atoms with van der Waals surface area (Å²) >= 11 is 0. The Morgan fingerprint density at radius 1 is 0.615 bits per heavy atom. The molecule has 0 amide bonds. The highest BCUT2D eigenvalue weighted by Gasteiger charge is 2.23. The first-order chi connectivity index (χ1) is 25.2. The lowest BCUT2D eigenvalue weighted by Crippen LogP contribution is -2.10. The molecule has 2 aromatic heterocycles. The number of hydrogen-bond donors (Lipinski definition) is 0. The molecule has 3 nitrogen and oxygen atoms in total. The van der Waals surface area contributed by atoms with Crippen LogP contribution in [-0.2, 0) is 5.41 Å². The van der Waals surface area contributed by atoms with Gasteiger partial charge in [-0.1, -0.05) is 113 Å². The van der Waals surface area contributed by atoms with Crippen molar-refractivity contribution in [2.45, 2.75) is 46.0 Å². The Hall–Kier alpha value is -6.24. The van der Waals surface area contributed by atoms with Crippen LogP contribution in [-0.4, -0.2) is 9.55 Å². The van der Waals surface area contributed by atoms with Gasteiger partial charge in [0.25, 0.3) is 0 Å². The molecule has 0 fully saturated rings. The summed E-state index contributed by atoms with van der Waals surface area (Å²) in [5.41, 5.74) is 12.3. The van der Waals surface area contributed by atoms with Crippen molar-refractivity contribution < 1.29 is 0 Å². The van der Waals surface area contributed by atoms with Gasteiger partial charge >= 0.3 is 0 Å². The average Bonchev–Trinajstić information content (AvgIpc) is 3.49. The van der Waals surface area contributed by atoms with Crippen molar-refractivity contribution in [3.63, 3.8) is 0 Å². The molecule has 0 aliphatic rings. The summed E-state index contributed by atoms with van der Waals surface area (Å²) < 4.78 is 2.31. The zero-order chi connectivity index (χ0) is 35.7. The lowest BCUT2D eigenvalue weighted by atomic mass is 9.80. The maximum absolute atomic E-state index is 9.94. The fraction of sp³-hybridized carbons (Fsp3) is 0.143. The van der Waals surface area contributed by atoms with E-state index >= 15 is 0 Å². The molecule has 250 valence electrons. The molecule has 0 aliphatic carbocycles. The summed E-state index contributed by atoms with van der Waals surface area (Å²) in [5, 5.41) is 18.2. The molecule has 0 saturated carbocycles. The first-order valence-electron chi connectivity index (χ1n) is 18.1. The van der Waals surface area contributed by atoms with Crippen LogP contribution in [0.2, 0.25) is 0 Å². The van der Waals surface area contributed by atoms with Crippen LogP contribution in [0.4, 0.5) is 0 Å². The Morgan fingerprint density at radius 3 is 2.10 bits per heavy atom. The standard InChI is InChI=1S/C49H39N3/c1-30(2)33-17-20-37-42(26-33)47(39-15-9-11-32-12-10-24-51-48(32)39)38-21-19-35(49(3,4)5)28-43(38)46(37)34-18-23-45-41(27-34)40-25-31(29-50)16-22-44(40)52(45)36-13-7-6-8-14-36/h6-28,30H,1-5H3. The second kappa shape index (κ2) is 11.9. The normalized spacial score (nSPS) is 12.1. The molecule has 0 N–H and O–H groups in total. The molecule has 9 aromatic rings. The number of nitriles is 1. The summed E-state index contributed by atoms with van der Waals surface area (Å²) in [6, 6.07) is 50.7. The quantitative estimate of drug-likeness (QED) is 0.175. The fourth-order valence-corrected chi connectivity index (χ4v) is 8.08. The Labute approximate surface area is 304 Å². The van der Waals surface area contributed by atoms with Gasteiger partial charge in [-0.25, -0.2) is 0 Å². The molecule has 0 aliphatic heterocycles. The van der Waals surface area contributed by atoms with Gasteiger partial charge < -0.3 is 4.57 Å². The largest absolute Gasteiger partial charge is 0.309 e. The third-order valence-electron chi connectivity index (χ3n) is 10.8. The highest BCUT2D eigenvalue weighted by atomic mass is 15.0. The number of pyridine rings is 1. The van der Waals surface area contributed by atoms with Crippen molar-refractivity contribution in [2.75, 3.05) is 0 Å². The summed E-state index contributed by atoms with van der Waals surface area (Å²) in [4.78, 5) is 4.95. The molecular formula is C49H39N3. The number of para-hydroxylation sites is 2. The van der Waals surface area contributed by atoms with E-state index in [2.05, 4.69) is 154 Å². The molecule has 7 aromatic carbocycles.